The predicted molar refractivity (Wildman–Crippen MR) is 110 cm³/mol. The van der Waals surface area contributed by atoms with Crippen LogP contribution >= 0.6 is 23.2 Å². The van der Waals surface area contributed by atoms with Gasteiger partial charge in [0.15, 0.2) is 11.5 Å². The number of rotatable bonds is 4. The van der Waals surface area contributed by atoms with E-state index >= 15 is 0 Å². The first-order valence-electron chi connectivity index (χ1n) is 7.96. The molecular weight excluding hydrogens is 425 g/mol. The highest BCUT2D eigenvalue weighted by Crippen LogP contribution is 2.35. The van der Waals surface area contributed by atoms with Gasteiger partial charge >= 0.3 is 0 Å². The van der Waals surface area contributed by atoms with Crippen LogP contribution in [0.3, 0.4) is 0 Å². The molecule has 0 aliphatic rings. The number of hydrogen-bond donors (Lipinski definition) is 0. The maximum atomic E-state index is 9.08. The molecule has 150 valence electrons. The second-order valence-corrected chi connectivity index (χ2v) is 8.03. The molecule has 0 bridgehead atoms. The minimum atomic E-state index is -3.92. The van der Waals surface area contributed by atoms with Crippen LogP contribution in [0.4, 0.5) is 0 Å². The van der Waals surface area contributed by atoms with E-state index in [9.17, 15) is 0 Å². The van der Waals surface area contributed by atoms with Crippen molar-refractivity contribution in [3.8, 4) is 11.5 Å². The molecular formula is C19H18Cl2NO5S-. The summed E-state index contributed by atoms with van der Waals surface area (Å²) in [5, 5.41) is 3.31. The van der Waals surface area contributed by atoms with Crippen LogP contribution in [0.15, 0.2) is 42.7 Å². The maximum Gasteiger partial charge on any atom is 0.161 e. The molecule has 1 heterocycles. The van der Waals surface area contributed by atoms with Gasteiger partial charge in [0.1, 0.15) is 0 Å². The molecule has 9 heteroatoms. The average Bonchev–Trinajstić information content (AvgIpc) is 2.62. The monoisotopic (exact) mass is 442 g/mol. The van der Waals surface area contributed by atoms with E-state index in [0.29, 0.717) is 34.2 Å². The van der Waals surface area contributed by atoms with Crippen molar-refractivity contribution in [3.63, 3.8) is 0 Å². The SMILES string of the molecule is COc1cc2cncc(Cc3c(Cl)cccc3Cl)c2cc1OC.CS(=O)(=O)[O-]. The van der Waals surface area contributed by atoms with Gasteiger partial charge in [0.05, 0.1) is 24.3 Å². The predicted octanol–water partition coefficient (Wildman–Crippen LogP) is 4.31. The second-order valence-electron chi connectivity index (χ2n) is 5.81. The zero-order chi connectivity index (χ0) is 20.9. The lowest BCUT2D eigenvalue weighted by molar-refractivity contribution is 0.356. The Kier molecular flexibility index (Phi) is 7.48. The van der Waals surface area contributed by atoms with Gasteiger partial charge in [-0.1, -0.05) is 29.3 Å². The lowest BCUT2D eigenvalue weighted by atomic mass is 10.0. The van der Waals surface area contributed by atoms with Gasteiger partial charge in [-0.05, 0) is 40.8 Å². The van der Waals surface area contributed by atoms with Gasteiger partial charge in [-0.25, -0.2) is 8.42 Å². The van der Waals surface area contributed by atoms with Crippen LogP contribution in [0.25, 0.3) is 10.8 Å². The Balaban J connectivity index is 0.000000500. The Morgan fingerprint density at radius 3 is 2.11 bits per heavy atom. The fourth-order valence-electron chi connectivity index (χ4n) is 2.59. The van der Waals surface area contributed by atoms with Crippen molar-refractivity contribution in [1.82, 2.24) is 4.98 Å². The normalized spacial score (nSPS) is 10.9. The number of aromatic nitrogens is 1. The molecule has 0 saturated heterocycles. The molecule has 6 nitrogen and oxygen atoms in total. The quantitative estimate of drug-likeness (QED) is 0.559. The van der Waals surface area contributed by atoms with Gasteiger partial charge in [-0.3, -0.25) is 4.98 Å². The van der Waals surface area contributed by atoms with Crippen LogP contribution in [0.1, 0.15) is 11.1 Å². The molecule has 0 spiro atoms. The summed E-state index contributed by atoms with van der Waals surface area (Å²) in [6.45, 7) is 0. The summed E-state index contributed by atoms with van der Waals surface area (Å²) >= 11 is 12.6. The molecule has 1 aromatic heterocycles. The number of benzene rings is 2. The summed E-state index contributed by atoms with van der Waals surface area (Å²) in [4.78, 5) is 4.32. The largest absolute Gasteiger partial charge is 0.748 e. The van der Waals surface area contributed by atoms with Crippen molar-refractivity contribution in [2.45, 2.75) is 6.42 Å². The van der Waals surface area contributed by atoms with Crippen LogP contribution < -0.4 is 9.47 Å². The Bertz CT molecular complexity index is 1060. The van der Waals surface area contributed by atoms with Crippen molar-refractivity contribution in [2.24, 2.45) is 0 Å². The minimum Gasteiger partial charge on any atom is -0.748 e. The van der Waals surface area contributed by atoms with Gasteiger partial charge in [0, 0.05) is 40.5 Å². The van der Waals surface area contributed by atoms with Gasteiger partial charge in [0.2, 0.25) is 0 Å². The number of halogens is 2. The molecule has 0 aliphatic heterocycles. The summed E-state index contributed by atoms with van der Waals surface area (Å²) in [5.41, 5.74) is 1.92. The van der Waals surface area contributed by atoms with Crippen molar-refractivity contribution in [2.75, 3.05) is 20.5 Å². The van der Waals surface area contributed by atoms with Gasteiger partial charge in [-0.15, -0.1) is 0 Å². The molecule has 0 unspecified atom stereocenters. The van der Waals surface area contributed by atoms with Crippen LogP contribution in [-0.2, 0) is 16.5 Å². The third-order valence-corrected chi connectivity index (χ3v) is 4.48. The highest BCUT2D eigenvalue weighted by molar-refractivity contribution is 7.84. The molecule has 0 saturated carbocycles. The highest BCUT2D eigenvalue weighted by Gasteiger charge is 2.12. The number of methoxy groups -OCH3 is 2. The zero-order valence-electron chi connectivity index (χ0n) is 15.4. The Morgan fingerprint density at radius 1 is 1.04 bits per heavy atom. The zero-order valence-corrected chi connectivity index (χ0v) is 17.7. The molecule has 28 heavy (non-hydrogen) atoms. The van der Waals surface area contributed by atoms with E-state index in [4.69, 9.17) is 45.6 Å². The molecule has 0 amide bonds. The third-order valence-electron chi connectivity index (χ3n) is 3.77. The van der Waals surface area contributed by atoms with Crippen molar-refractivity contribution in [1.29, 1.82) is 0 Å². The summed E-state index contributed by atoms with van der Waals surface area (Å²) in [7, 11) is -0.681. The van der Waals surface area contributed by atoms with Crippen LogP contribution in [0.5, 0.6) is 11.5 Å². The Labute approximate surface area is 173 Å². The smallest absolute Gasteiger partial charge is 0.161 e. The molecule has 3 rings (SSSR count). The van der Waals surface area contributed by atoms with E-state index in [1.165, 1.54) is 0 Å². The number of pyridine rings is 1. The fraction of sp³-hybridized carbons (Fsp3) is 0.211. The van der Waals surface area contributed by atoms with E-state index in [1.54, 1.807) is 20.4 Å². The first kappa shape index (κ1) is 22.2. The number of fused-ring (bicyclic) bond motifs is 1. The maximum absolute atomic E-state index is 9.08. The average molecular weight is 443 g/mol. The van der Waals surface area contributed by atoms with E-state index in [0.717, 1.165) is 21.9 Å². The van der Waals surface area contributed by atoms with Gasteiger partial charge in [0.25, 0.3) is 0 Å². The first-order valence-corrected chi connectivity index (χ1v) is 10.5. The van der Waals surface area contributed by atoms with E-state index in [-0.39, 0.29) is 0 Å². The summed E-state index contributed by atoms with van der Waals surface area (Å²) in [6.07, 6.45) is 4.83. The van der Waals surface area contributed by atoms with Gasteiger partial charge < -0.3 is 14.0 Å². The number of hydrogen-bond acceptors (Lipinski definition) is 6. The van der Waals surface area contributed by atoms with Crippen LogP contribution in [0, 0.1) is 0 Å². The lowest BCUT2D eigenvalue weighted by Gasteiger charge is -2.13. The fourth-order valence-corrected chi connectivity index (χ4v) is 3.12. The molecule has 0 radical (unpaired) electrons. The minimum absolute atomic E-state index is 0.596. The summed E-state index contributed by atoms with van der Waals surface area (Å²) in [5.74, 6) is 1.35. The number of ether oxygens (including phenoxy) is 2. The van der Waals surface area contributed by atoms with Crippen molar-refractivity contribution in [3.05, 3.63) is 63.9 Å². The topological polar surface area (TPSA) is 88.6 Å². The van der Waals surface area contributed by atoms with E-state index in [2.05, 4.69) is 4.98 Å². The summed E-state index contributed by atoms with van der Waals surface area (Å²) < 4.78 is 38.0. The Hall–Kier alpha value is -2.06. The van der Waals surface area contributed by atoms with Crippen molar-refractivity contribution < 1.29 is 22.4 Å². The van der Waals surface area contributed by atoms with E-state index < -0.39 is 10.1 Å². The Morgan fingerprint density at radius 2 is 1.57 bits per heavy atom. The molecule has 0 N–H and O–H groups in total. The lowest BCUT2D eigenvalue weighted by Crippen LogP contribution is -1.96. The van der Waals surface area contributed by atoms with Crippen LogP contribution in [0.2, 0.25) is 10.0 Å². The van der Waals surface area contributed by atoms with Gasteiger partial charge in [-0.2, -0.15) is 0 Å². The van der Waals surface area contributed by atoms with Crippen LogP contribution in [-0.4, -0.2) is 38.4 Å². The first-order chi connectivity index (χ1) is 13.1. The highest BCUT2D eigenvalue weighted by atomic mass is 35.5. The van der Waals surface area contributed by atoms with Crippen molar-refractivity contribution >= 4 is 44.1 Å². The molecule has 2 aromatic carbocycles. The molecule has 0 fully saturated rings. The molecule has 0 atom stereocenters. The summed E-state index contributed by atoms with van der Waals surface area (Å²) in [6, 6.07) is 9.38. The molecule has 3 aromatic rings. The number of nitrogens with zero attached hydrogens (tertiary/aromatic N) is 1. The van der Waals surface area contributed by atoms with E-state index in [1.807, 2.05) is 36.5 Å². The molecule has 0 aliphatic carbocycles. The second kappa shape index (κ2) is 9.43. The third kappa shape index (κ3) is 5.97. The standard InChI is InChI=1S/C18H15Cl2NO2.CH4O3S/c1-22-17-7-12-10-21-9-11(13(12)8-18(17)23-2)6-14-15(19)4-3-5-16(14)20;1-5(2,3)4/h3-5,7-10H,6H2,1-2H3;1H3,(H,2,3,4)/p-1.